The van der Waals surface area contributed by atoms with Gasteiger partial charge in [-0.15, -0.1) is 0 Å². The highest BCUT2D eigenvalue weighted by Crippen LogP contribution is 2.14. The standard InChI is InChI=1S/C19H26N6O/c1-15(2)4-8-20-17-14-16(5-9-21-17)18(26)24-10-12-25(13-11-24)19-22-6-3-7-23-19/h3,5-7,9,14-15H,4,8,10-13H2,1-2H3,(H,20,21). The van der Waals surface area contributed by atoms with E-state index < -0.39 is 0 Å². The predicted octanol–water partition coefficient (Wildman–Crippen LogP) is 2.29. The van der Waals surface area contributed by atoms with Crippen LogP contribution in [0.2, 0.25) is 0 Å². The van der Waals surface area contributed by atoms with Crippen LogP contribution in [0.1, 0.15) is 30.6 Å². The third kappa shape index (κ3) is 4.68. The molecule has 3 heterocycles. The molecular weight excluding hydrogens is 328 g/mol. The van der Waals surface area contributed by atoms with Crippen molar-refractivity contribution in [2.75, 3.05) is 42.9 Å². The Kier molecular flexibility index (Phi) is 5.99. The minimum atomic E-state index is 0.0490. The zero-order valence-electron chi connectivity index (χ0n) is 15.4. The SMILES string of the molecule is CC(C)CCNc1cc(C(=O)N2CCN(c3ncccn3)CC2)ccn1. The molecule has 0 unspecified atom stereocenters. The summed E-state index contributed by atoms with van der Waals surface area (Å²) in [5, 5.41) is 3.30. The normalized spacial score (nSPS) is 14.6. The molecule has 0 radical (unpaired) electrons. The van der Waals surface area contributed by atoms with Crippen molar-refractivity contribution in [3.8, 4) is 0 Å². The number of rotatable bonds is 6. The quantitative estimate of drug-likeness (QED) is 0.858. The number of carbonyl (C=O) groups excluding carboxylic acids is 1. The average molecular weight is 354 g/mol. The molecule has 1 aliphatic rings. The second kappa shape index (κ2) is 8.60. The van der Waals surface area contributed by atoms with Gasteiger partial charge in [-0.2, -0.15) is 0 Å². The maximum absolute atomic E-state index is 12.8. The van der Waals surface area contributed by atoms with Crippen molar-refractivity contribution in [1.29, 1.82) is 0 Å². The van der Waals surface area contributed by atoms with Crippen LogP contribution in [0.4, 0.5) is 11.8 Å². The molecule has 138 valence electrons. The first-order valence-corrected chi connectivity index (χ1v) is 9.14. The number of anilines is 2. The molecule has 1 amide bonds. The lowest BCUT2D eigenvalue weighted by molar-refractivity contribution is 0.0746. The first kappa shape index (κ1) is 18.1. The molecule has 1 N–H and O–H groups in total. The van der Waals surface area contributed by atoms with Crippen LogP contribution >= 0.6 is 0 Å². The van der Waals surface area contributed by atoms with Crippen LogP contribution < -0.4 is 10.2 Å². The fourth-order valence-electron chi connectivity index (χ4n) is 2.90. The van der Waals surface area contributed by atoms with E-state index in [-0.39, 0.29) is 5.91 Å². The number of aromatic nitrogens is 3. The Morgan fingerprint density at radius 2 is 1.85 bits per heavy atom. The topological polar surface area (TPSA) is 74.2 Å². The number of amides is 1. The van der Waals surface area contributed by atoms with Crippen molar-refractivity contribution < 1.29 is 4.79 Å². The lowest BCUT2D eigenvalue weighted by Crippen LogP contribution is -2.49. The van der Waals surface area contributed by atoms with E-state index >= 15 is 0 Å². The maximum Gasteiger partial charge on any atom is 0.254 e. The van der Waals surface area contributed by atoms with Crippen LogP contribution in [-0.2, 0) is 0 Å². The van der Waals surface area contributed by atoms with Crippen molar-refractivity contribution in [1.82, 2.24) is 19.9 Å². The second-order valence-corrected chi connectivity index (χ2v) is 6.87. The van der Waals surface area contributed by atoms with Gasteiger partial charge in [0, 0.05) is 56.9 Å². The highest BCUT2D eigenvalue weighted by molar-refractivity contribution is 5.95. The van der Waals surface area contributed by atoms with Gasteiger partial charge in [0.25, 0.3) is 5.91 Å². The van der Waals surface area contributed by atoms with Crippen molar-refractivity contribution in [3.05, 3.63) is 42.4 Å². The molecule has 0 atom stereocenters. The molecule has 0 aromatic carbocycles. The molecule has 2 aromatic rings. The van der Waals surface area contributed by atoms with Gasteiger partial charge in [0.05, 0.1) is 0 Å². The number of carbonyl (C=O) groups is 1. The largest absolute Gasteiger partial charge is 0.370 e. The van der Waals surface area contributed by atoms with Gasteiger partial charge in [-0.1, -0.05) is 13.8 Å². The van der Waals surface area contributed by atoms with Gasteiger partial charge in [-0.3, -0.25) is 4.79 Å². The zero-order valence-corrected chi connectivity index (χ0v) is 15.4. The number of nitrogens with one attached hydrogen (secondary N) is 1. The van der Waals surface area contributed by atoms with Crippen LogP contribution in [0.15, 0.2) is 36.8 Å². The van der Waals surface area contributed by atoms with Gasteiger partial charge in [0.15, 0.2) is 0 Å². The van der Waals surface area contributed by atoms with Gasteiger partial charge < -0.3 is 15.1 Å². The number of hydrogen-bond acceptors (Lipinski definition) is 6. The minimum absolute atomic E-state index is 0.0490. The molecule has 3 rings (SSSR count). The third-order valence-corrected chi connectivity index (χ3v) is 4.44. The van der Waals surface area contributed by atoms with Crippen molar-refractivity contribution >= 4 is 17.7 Å². The first-order valence-electron chi connectivity index (χ1n) is 9.14. The molecule has 1 fully saturated rings. The fraction of sp³-hybridized carbons (Fsp3) is 0.474. The Hall–Kier alpha value is -2.70. The Morgan fingerprint density at radius 3 is 2.54 bits per heavy atom. The summed E-state index contributed by atoms with van der Waals surface area (Å²) in [5.74, 6) is 2.16. The van der Waals surface area contributed by atoms with Gasteiger partial charge >= 0.3 is 0 Å². The molecule has 7 nitrogen and oxygen atoms in total. The highest BCUT2D eigenvalue weighted by atomic mass is 16.2. The summed E-state index contributed by atoms with van der Waals surface area (Å²) in [6.45, 7) is 8.04. The van der Waals surface area contributed by atoms with Gasteiger partial charge in [0.1, 0.15) is 5.82 Å². The zero-order chi connectivity index (χ0) is 18.4. The maximum atomic E-state index is 12.8. The van der Waals surface area contributed by atoms with E-state index in [2.05, 4.69) is 39.0 Å². The lowest BCUT2D eigenvalue weighted by atomic mass is 10.1. The van der Waals surface area contributed by atoms with Crippen LogP contribution in [0.3, 0.4) is 0 Å². The van der Waals surface area contributed by atoms with E-state index in [0.717, 1.165) is 37.8 Å². The van der Waals surface area contributed by atoms with E-state index in [1.807, 2.05) is 11.0 Å². The van der Waals surface area contributed by atoms with Crippen LogP contribution in [0.5, 0.6) is 0 Å². The highest BCUT2D eigenvalue weighted by Gasteiger charge is 2.23. The summed E-state index contributed by atoms with van der Waals surface area (Å²) in [4.78, 5) is 29.7. The second-order valence-electron chi connectivity index (χ2n) is 6.87. The molecule has 26 heavy (non-hydrogen) atoms. The lowest BCUT2D eigenvalue weighted by Gasteiger charge is -2.34. The number of hydrogen-bond donors (Lipinski definition) is 1. The number of nitrogens with zero attached hydrogens (tertiary/aromatic N) is 5. The molecule has 0 aliphatic carbocycles. The molecule has 0 saturated carbocycles. The van der Waals surface area contributed by atoms with E-state index in [4.69, 9.17) is 0 Å². The van der Waals surface area contributed by atoms with Crippen LogP contribution in [0.25, 0.3) is 0 Å². The van der Waals surface area contributed by atoms with E-state index in [1.165, 1.54) is 0 Å². The van der Waals surface area contributed by atoms with Gasteiger partial charge in [0.2, 0.25) is 5.95 Å². The van der Waals surface area contributed by atoms with E-state index in [9.17, 15) is 4.79 Å². The van der Waals surface area contributed by atoms with E-state index in [1.54, 1.807) is 30.7 Å². The molecule has 0 spiro atoms. The minimum Gasteiger partial charge on any atom is -0.370 e. The van der Waals surface area contributed by atoms with Crippen LogP contribution in [0, 0.1) is 5.92 Å². The first-order chi connectivity index (χ1) is 12.6. The van der Waals surface area contributed by atoms with Crippen molar-refractivity contribution in [2.45, 2.75) is 20.3 Å². The monoisotopic (exact) mass is 354 g/mol. The summed E-state index contributed by atoms with van der Waals surface area (Å²) in [7, 11) is 0. The van der Waals surface area contributed by atoms with Gasteiger partial charge in [-0.25, -0.2) is 15.0 Å². The summed E-state index contributed by atoms with van der Waals surface area (Å²) < 4.78 is 0. The molecule has 2 aromatic heterocycles. The van der Waals surface area contributed by atoms with Gasteiger partial charge in [-0.05, 0) is 30.5 Å². The van der Waals surface area contributed by atoms with Crippen molar-refractivity contribution in [2.24, 2.45) is 5.92 Å². The summed E-state index contributed by atoms with van der Waals surface area (Å²) >= 11 is 0. The summed E-state index contributed by atoms with van der Waals surface area (Å²) in [5.41, 5.74) is 0.677. The third-order valence-electron chi connectivity index (χ3n) is 4.44. The Balaban J connectivity index is 1.56. The Labute approximate surface area is 154 Å². The Morgan fingerprint density at radius 1 is 1.12 bits per heavy atom. The molecule has 7 heteroatoms. The van der Waals surface area contributed by atoms with Crippen LogP contribution in [-0.4, -0.2) is 58.5 Å². The molecule has 1 saturated heterocycles. The number of pyridine rings is 1. The summed E-state index contributed by atoms with van der Waals surface area (Å²) in [6, 6.07) is 5.43. The Bertz CT molecular complexity index is 713. The van der Waals surface area contributed by atoms with Crippen molar-refractivity contribution in [3.63, 3.8) is 0 Å². The van der Waals surface area contributed by atoms with E-state index in [0.29, 0.717) is 24.6 Å². The molecular formula is C19H26N6O. The smallest absolute Gasteiger partial charge is 0.254 e. The molecule has 0 bridgehead atoms. The molecule has 1 aliphatic heterocycles. The average Bonchev–Trinajstić information content (AvgIpc) is 2.68. The summed E-state index contributed by atoms with van der Waals surface area (Å²) in [6.07, 6.45) is 6.25. The predicted molar refractivity (Wildman–Crippen MR) is 102 cm³/mol. The number of piperazine rings is 1. The fourth-order valence-corrected chi connectivity index (χ4v) is 2.90.